The number of carbonyl (C=O) groups excluding carboxylic acids is 1. The van der Waals surface area contributed by atoms with Gasteiger partial charge in [-0.05, 0) is 26.0 Å². The van der Waals surface area contributed by atoms with Gasteiger partial charge in [-0.1, -0.05) is 0 Å². The number of carbonyl (C=O) groups is 1. The second-order valence-corrected chi connectivity index (χ2v) is 3.94. The fraction of sp³-hybridized carbons (Fsp3) is 0.545. The first-order valence-electron chi connectivity index (χ1n) is 4.63. The summed E-state index contributed by atoms with van der Waals surface area (Å²) in [6.07, 6.45) is 2.33. The Balaban J connectivity index is 2.44. The molecule has 14 heavy (non-hydrogen) atoms. The highest BCUT2D eigenvalue weighted by molar-refractivity contribution is 5.81. The topological polar surface area (TPSA) is 39.4 Å². The van der Waals surface area contributed by atoms with Crippen molar-refractivity contribution in [3.63, 3.8) is 0 Å². The van der Waals surface area contributed by atoms with Crippen molar-refractivity contribution < 1.29 is 13.9 Å². The van der Waals surface area contributed by atoms with Gasteiger partial charge in [-0.15, -0.1) is 0 Å². The van der Waals surface area contributed by atoms with Crippen LogP contribution < -0.4 is 0 Å². The van der Waals surface area contributed by atoms with Gasteiger partial charge in [0.25, 0.3) is 0 Å². The highest BCUT2D eigenvalue weighted by Crippen LogP contribution is 2.15. The van der Waals surface area contributed by atoms with E-state index in [0.29, 0.717) is 18.6 Å². The van der Waals surface area contributed by atoms with Crippen LogP contribution in [0, 0.1) is 0 Å². The van der Waals surface area contributed by atoms with Crippen molar-refractivity contribution in [2.24, 2.45) is 0 Å². The molecule has 1 aromatic heterocycles. The average molecular weight is 196 g/mol. The molecule has 1 heterocycles. The highest BCUT2D eigenvalue weighted by atomic mass is 16.5. The smallest absolute Gasteiger partial charge is 0.143 e. The van der Waals surface area contributed by atoms with Crippen LogP contribution in [0.1, 0.15) is 26.0 Å². The lowest BCUT2D eigenvalue weighted by Crippen LogP contribution is -2.27. The Morgan fingerprint density at radius 1 is 1.57 bits per heavy atom. The van der Waals surface area contributed by atoms with E-state index < -0.39 is 0 Å². The van der Waals surface area contributed by atoms with Crippen molar-refractivity contribution in [1.29, 1.82) is 0 Å². The third-order valence-corrected chi connectivity index (χ3v) is 2.13. The Morgan fingerprint density at radius 3 is 2.79 bits per heavy atom. The molecule has 0 aliphatic carbocycles. The summed E-state index contributed by atoms with van der Waals surface area (Å²) in [4.78, 5) is 11.5. The van der Waals surface area contributed by atoms with Gasteiger partial charge < -0.3 is 9.15 Å². The maximum atomic E-state index is 11.5. The van der Waals surface area contributed by atoms with Crippen LogP contribution in [0.3, 0.4) is 0 Å². The van der Waals surface area contributed by atoms with E-state index in [-0.39, 0.29) is 11.4 Å². The lowest BCUT2D eigenvalue weighted by molar-refractivity contribution is -0.123. The van der Waals surface area contributed by atoms with Crippen LogP contribution in [0.5, 0.6) is 0 Å². The van der Waals surface area contributed by atoms with Crippen LogP contribution in [0.2, 0.25) is 0 Å². The summed E-state index contributed by atoms with van der Waals surface area (Å²) >= 11 is 0. The number of hydrogen-bond donors (Lipinski definition) is 0. The minimum absolute atomic E-state index is 0.131. The summed E-state index contributed by atoms with van der Waals surface area (Å²) in [5.41, 5.74) is -0.385. The number of furan rings is 1. The molecule has 0 N–H and O–H groups in total. The van der Waals surface area contributed by atoms with E-state index in [1.165, 1.54) is 0 Å². The van der Waals surface area contributed by atoms with Crippen molar-refractivity contribution in [3.8, 4) is 0 Å². The summed E-state index contributed by atoms with van der Waals surface area (Å²) in [6.45, 7) is 3.79. The molecular formula is C11H16O3. The van der Waals surface area contributed by atoms with E-state index in [9.17, 15) is 4.79 Å². The number of hydrogen-bond acceptors (Lipinski definition) is 3. The van der Waals surface area contributed by atoms with Crippen molar-refractivity contribution in [1.82, 2.24) is 0 Å². The zero-order valence-electron chi connectivity index (χ0n) is 8.87. The number of ketones is 1. The molecule has 3 nitrogen and oxygen atoms in total. The van der Waals surface area contributed by atoms with Crippen LogP contribution in [0.15, 0.2) is 22.8 Å². The van der Waals surface area contributed by atoms with Gasteiger partial charge in [0.1, 0.15) is 11.5 Å². The van der Waals surface area contributed by atoms with Gasteiger partial charge in [0.15, 0.2) is 0 Å². The molecule has 0 unspecified atom stereocenters. The molecule has 1 rings (SSSR count). The summed E-state index contributed by atoms with van der Waals surface area (Å²) in [5, 5.41) is 0. The summed E-state index contributed by atoms with van der Waals surface area (Å²) in [7, 11) is 1.61. The van der Waals surface area contributed by atoms with Gasteiger partial charge in [-0.25, -0.2) is 0 Å². The molecule has 0 saturated carbocycles. The minimum atomic E-state index is -0.385. The zero-order valence-corrected chi connectivity index (χ0v) is 8.87. The Morgan fingerprint density at radius 2 is 2.29 bits per heavy atom. The second kappa shape index (κ2) is 4.42. The molecule has 78 valence electrons. The highest BCUT2D eigenvalue weighted by Gasteiger charge is 2.21. The molecular weight excluding hydrogens is 180 g/mol. The molecule has 0 fully saturated rings. The zero-order chi connectivity index (χ0) is 10.6. The van der Waals surface area contributed by atoms with Gasteiger partial charge in [0.05, 0.1) is 18.3 Å². The summed E-state index contributed by atoms with van der Waals surface area (Å²) in [6, 6.07) is 3.59. The molecule has 0 amide bonds. The van der Waals surface area contributed by atoms with Gasteiger partial charge in [-0.3, -0.25) is 4.79 Å². The number of rotatable bonds is 5. The third kappa shape index (κ3) is 3.34. The van der Waals surface area contributed by atoms with Crippen LogP contribution in [0.4, 0.5) is 0 Å². The van der Waals surface area contributed by atoms with Crippen molar-refractivity contribution in [2.75, 3.05) is 7.11 Å². The van der Waals surface area contributed by atoms with Crippen LogP contribution in [-0.2, 0) is 16.0 Å². The average Bonchev–Trinajstić information content (AvgIpc) is 2.55. The lowest BCUT2D eigenvalue weighted by atomic mass is 9.99. The Bertz CT molecular complexity index is 285. The fourth-order valence-electron chi connectivity index (χ4n) is 1.22. The molecule has 0 atom stereocenters. The normalized spacial score (nSPS) is 11.6. The summed E-state index contributed by atoms with van der Waals surface area (Å²) < 4.78 is 10.3. The van der Waals surface area contributed by atoms with E-state index in [0.717, 1.165) is 0 Å². The molecule has 1 aromatic rings. The standard InChI is InChI=1S/C11H16O3/c1-11(2,13-3)8-9(12)7-10-5-4-6-14-10/h4-6H,7-8H2,1-3H3. The number of Topliss-reactive ketones (excluding diaryl/α,β-unsaturated/α-hetero) is 1. The van der Waals surface area contributed by atoms with Gasteiger partial charge in [-0.2, -0.15) is 0 Å². The number of methoxy groups -OCH3 is 1. The van der Waals surface area contributed by atoms with Crippen molar-refractivity contribution in [3.05, 3.63) is 24.2 Å². The maximum Gasteiger partial charge on any atom is 0.143 e. The van der Waals surface area contributed by atoms with Crippen molar-refractivity contribution >= 4 is 5.78 Å². The molecule has 0 bridgehead atoms. The predicted octanol–water partition coefficient (Wildman–Crippen LogP) is 2.21. The van der Waals surface area contributed by atoms with Crippen molar-refractivity contribution in [2.45, 2.75) is 32.3 Å². The van der Waals surface area contributed by atoms with Gasteiger partial charge in [0, 0.05) is 13.5 Å². The summed E-state index contributed by atoms with van der Waals surface area (Å²) in [5.74, 6) is 0.841. The first-order valence-corrected chi connectivity index (χ1v) is 4.63. The van der Waals surface area contributed by atoms with Crippen LogP contribution in [0.25, 0.3) is 0 Å². The Kier molecular flexibility index (Phi) is 3.47. The van der Waals surface area contributed by atoms with Crippen LogP contribution in [-0.4, -0.2) is 18.5 Å². The third-order valence-electron chi connectivity index (χ3n) is 2.13. The SMILES string of the molecule is COC(C)(C)CC(=O)Cc1ccco1. The van der Waals surface area contributed by atoms with Gasteiger partial charge in [0.2, 0.25) is 0 Å². The van der Waals surface area contributed by atoms with Crippen LogP contribution >= 0.6 is 0 Å². The predicted molar refractivity (Wildman–Crippen MR) is 53.1 cm³/mol. The molecule has 0 aliphatic rings. The van der Waals surface area contributed by atoms with E-state index in [1.807, 2.05) is 13.8 Å². The molecule has 0 radical (unpaired) electrons. The van der Waals surface area contributed by atoms with E-state index in [1.54, 1.807) is 25.5 Å². The van der Waals surface area contributed by atoms with E-state index in [2.05, 4.69) is 0 Å². The lowest BCUT2D eigenvalue weighted by Gasteiger charge is -2.21. The molecule has 0 aromatic carbocycles. The molecule has 3 heteroatoms. The number of ether oxygens (including phenoxy) is 1. The second-order valence-electron chi connectivity index (χ2n) is 3.94. The Labute approximate surface area is 84.1 Å². The minimum Gasteiger partial charge on any atom is -0.469 e. The molecule has 0 spiro atoms. The fourth-order valence-corrected chi connectivity index (χ4v) is 1.22. The van der Waals surface area contributed by atoms with E-state index >= 15 is 0 Å². The molecule has 0 saturated heterocycles. The first-order chi connectivity index (χ1) is 6.53. The Hall–Kier alpha value is -1.09. The monoisotopic (exact) mass is 196 g/mol. The van der Waals surface area contributed by atoms with Gasteiger partial charge >= 0.3 is 0 Å². The van der Waals surface area contributed by atoms with E-state index in [4.69, 9.17) is 9.15 Å². The first kappa shape index (κ1) is 11.0. The maximum absolute atomic E-state index is 11.5. The molecule has 0 aliphatic heterocycles. The largest absolute Gasteiger partial charge is 0.469 e. The quantitative estimate of drug-likeness (QED) is 0.724.